The highest BCUT2D eigenvalue weighted by Gasteiger charge is 2.18. The standard InChI is InChI=1S/C19H19NO3/c1-12-4-6-15-14(10-12)11-16(20-15)18-17(22-2)7-5-13(8-9-21)19(18)23-3/h4-7,9-11,20H,8H2,1-3H3. The van der Waals surface area contributed by atoms with Crippen molar-refractivity contribution in [3.63, 3.8) is 0 Å². The number of aldehydes is 1. The van der Waals surface area contributed by atoms with Crippen LogP contribution < -0.4 is 9.47 Å². The Morgan fingerprint density at radius 2 is 1.91 bits per heavy atom. The number of nitrogens with one attached hydrogen (secondary N) is 1. The van der Waals surface area contributed by atoms with Crippen LogP contribution in [0.1, 0.15) is 11.1 Å². The largest absolute Gasteiger partial charge is 0.496 e. The summed E-state index contributed by atoms with van der Waals surface area (Å²) < 4.78 is 11.1. The van der Waals surface area contributed by atoms with E-state index in [2.05, 4.69) is 36.2 Å². The molecular weight excluding hydrogens is 290 g/mol. The van der Waals surface area contributed by atoms with Gasteiger partial charge in [0.05, 0.1) is 25.5 Å². The number of hydrogen-bond acceptors (Lipinski definition) is 3. The Morgan fingerprint density at radius 1 is 1.09 bits per heavy atom. The van der Waals surface area contributed by atoms with Crippen LogP contribution in [0.15, 0.2) is 36.4 Å². The van der Waals surface area contributed by atoms with Gasteiger partial charge in [-0.05, 0) is 31.2 Å². The first-order valence-electron chi connectivity index (χ1n) is 7.45. The second kappa shape index (κ2) is 6.16. The van der Waals surface area contributed by atoms with E-state index in [1.54, 1.807) is 14.2 Å². The fourth-order valence-electron chi connectivity index (χ4n) is 2.90. The fourth-order valence-corrected chi connectivity index (χ4v) is 2.90. The lowest BCUT2D eigenvalue weighted by atomic mass is 10.0. The van der Waals surface area contributed by atoms with Crippen molar-refractivity contribution in [3.8, 4) is 22.8 Å². The maximum atomic E-state index is 10.9. The van der Waals surface area contributed by atoms with Crippen LogP contribution in [0.3, 0.4) is 0 Å². The highest BCUT2D eigenvalue weighted by atomic mass is 16.5. The van der Waals surface area contributed by atoms with Crippen molar-refractivity contribution in [3.05, 3.63) is 47.5 Å². The molecule has 0 aliphatic rings. The average molecular weight is 309 g/mol. The maximum Gasteiger partial charge on any atom is 0.135 e. The Bertz CT molecular complexity index is 864. The number of aryl methyl sites for hydroxylation is 1. The minimum atomic E-state index is 0.305. The van der Waals surface area contributed by atoms with Gasteiger partial charge in [-0.3, -0.25) is 0 Å². The molecule has 0 aliphatic carbocycles. The monoisotopic (exact) mass is 309 g/mol. The third-order valence-electron chi connectivity index (χ3n) is 3.97. The topological polar surface area (TPSA) is 51.3 Å². The predicted octanol–water partition coefficient (Wildman–Crippen LogP) is 3.90. The molecule has 0 spiro atoms. The number of methoxy groups -OCH3 is 2. The van der Waals surface area contributed by atoms with Crippen LogP contribution in [-0.2, 0) is 11.2 Å². The van der Waals surface area contributed by atoms with Crippen molar-refractivity contribution >= 4 is 17.2 Å². The van der Waals surface area contributed by atoms with E-state index in [1.165, 1.54) is 5.56 Å². The number of H-pyrrole nitrogens is 1. The Hall–Kier alpha value is -2.75. The van der Waals surface area contributed by atoms with Crippen molar-refractivity contribution in [2.24, 2.45) is 0 Å². The zero-order valence-electron chi connectivity index (χ0n) is 13.5. The number of aromatic amines is 1. The molecule has 118 valence electrons. The van der Waals surface area contributed by atoms with Gasteiger partial charge in [-0.2, -0.15) is 0 Å². The van der Waals surface area contributed by atoms with E-state index in [9.17, 15) is 4.79 Å². The van der Waals surface area contributed by atoms with Gasteiger partial charge >= 0.3 is 0 Å². The van der Waals surface area contributed by atoms with Gasteiger partial charge in [0, 0.05) is 22.9 Å². The number of hydrogen-bond donors (Lipinski definition) is 1. The first kappa shape index (κ1) is 15.2. The van der Waals surface area contributed by atoms with Crippen LogP contribution in [0.4, 0.5) is 0 Å². The van der Waals surface area contributed by atoms with Crippen LogP contribution in [0.2, 0.25) is 0 Å². The molecule has 4 nitrogen and oxygen atoms in total. The van der Waals surface area contributed by atoms with Crippen LogP contribution in [-0.4, -0.2) is 25.5 Å². The number of fused-ring (bicyclic) bond motifs is 1. The van der Waals surface area contributed by atoms with Crippen LogP contribution in [0.5, 0.6) is 11.5 Å². The average Bonchev–Trinajstić information content (AvgIpc) is 2.97. The molecule has 23 heavy (non-hydrogen) atoms. The van der Waals surface area contributed by atoms with Crippen LogP contribution in [0, 0.1) is 6.92 Å². The predicted molar refractivity (Wildman–Crippen MR) is 91.3 cm³/mol. The van der Waals surface area contributed by atoms with Gasteiger partial charge in [0.2, 0.25) is 0 Å². The Labute approximate surface area is 135 Å². The molecule has 0 bridgehead atoms. The summed E-state index contributed by atoms with van der Waals surface area (Å²) in [5, 5.41) is 1.13. The van der Waals surface area contributed by atoms with Gasteiger partial charge < -0.3 is 19.3 Å². The normalized spacial score (nSPS) is 10.7. The smallest absolute Gasteiger partial charge is 0.135 e. The molecule has 0 fully saturated rings. The molecule has 1 aromatic heterocycles. The summed E-state index contributed by atoms with van der Waals surface area (Å²) in [5.41, 5.74) is 4.84. The third-order valence-corrected chi connectivity index (χ3v) is 3.97. The summed E-state index contributed by atoms with van der Waals surface area (Å²) in [6, 6.07) is 12.1. The van der Waals surface area contributed by atoms with Gasteiger partial charge in [-0.1, -0.05) is 17.7 Å². The molecule has 0 saturated carbocycles. The third kappa shape index (κ3) is 2.68. The van der Waals surface area contributed by atoms with Crippen molar-refractivity contribution in [1.82, 2.24) is 4.98 Å². The van der Waals surface area contributed by atoms with Gasteiger partial charge in [-0.25, -0.2) is 0 Å². The second-order valence-corrected chi connectivity index (χ2v) is 5.48. The quantitative estimate of drug-likeness (QED) is 0.727. The first-order valence-corrected chi connectivity index (χ1v) is 7.45. The van der Waals surface area contributed by atoms with E-state index in [1.807, 2.05) is 12.1 Å². The number of ether oxygens (including phenoxy) is 2. The molecule has 3 rings (SSSR count). The summed E-state index contributed by atoms with van der Waals surface area (Å²) in [6.07, 6.45) is 1.18. The second-order valence-electron chi connectivity index (χ2n) is 5.48. The fraction of sp³-hybridized carbons (Fsp3) is 0.211. The molecule has 1 N–H and O–H groups in total. The van der Waals surface area contributed by atoms with Crippen molar-refractivity contribution < 1.29 is 14.3 Å². The molecule has 0 aliphatic heterocycles. The first-order chi connectivity index (χ1) is 11.2. The molecule has 0 radical (unpaired) electrons. The molecular formula is C19H19NO3. The van der Waals surface area contributed by atoms with E-state index in [4.69, 9.17) is 9.47 Å². The van der Waals surface area contributed by atoms with E-state index < -0.39 is 0 Å². The highest BCUT2D eigenvalue weighted by Crippen LogP contribution is 2.41. The molecule has 4 heteroatoms. The number of rotatable bonds is 5. The number of aromatic nitrogens is 1. The summed E-state index contributed by atoms with van der Waals surface area (Å²) in [5.74, 6) is 1.37. The summed E-state index contributed by atoms with van der Waals surface area (Å²) >= 11 is 0. The SMILES string of the molecule is COc1ccc(CC=O)c(OC)c1-c1cc2cc(C)ccc2[nH]1. The van der Waals surface area contributed by atoms with E-state index in [0.29, 0.717) is 17.9 Å². The Kier molecular flexibility index (Phi) is 4.06. The van der Waals surface area contributed by atoms with Gasteiger partial charge in [0.1, 0.15) is 17.8 Å². The van der Waals surface area contributed by atoms with Gasteiger partial charge in [0.15, 0.2) is 0 Å². The Morgan fingerprint density at radius 3 is 2.61 bits per heavy atom. The van der Waals surface area contributed by atoms with E-state index in [-0.39, 0.29) is 0 Å². The highest BCUT2D eigenvalue weighted by molar-refractivity contribution is 5.89. The van der Waals surface area contributed by atoms with Crippen LogP contribution in [0.25, 0.3) is 22.2 Å². The number of carbonyl (C=O) groups is 1. The minimum Gasteiger partial charge on any atom is -0.496 e. The molecule has 0 unspecified atom stereocenters. The molecule has 0 atom stereocenters. The molecule has 0 saturated heterocycles. The zero-order chi connectivity index (χ0) is 16.4. The Balaban J connectivity index is 2.26. The number of benzene rings is 2. The molecule has 0 amide bonds. The van der Waals surface area contributed by atoms with Gasteiger partial charge in [-0.15, -0.1) is 0 Å². The van der Waals surface area contributed by atoms with Crippen LogP contribution >= 0.6 is 0 Å². The number of carbonyl (C=O) groups excluding carboxylic acids is 1. The molecule has 2 aromatic carbocycles. The minimum absolute atomic E-state index is 0.305. The van der Waals surface area contributed by atoms with Crippen molar-refractivity contribution in [2.45, 2.75) is 13.3 Å². The van der Waals surface area contributed by atoms with Crippen molar-refractivity contribution in [1.29, 1.82) is 0 Å². The lowest BCUT2D eigenvalue weighted by molar-refractivity contribution is -0.107. The zero-order valence-corrected chi connectivity index (χ0v) is 13.5. The summed E-state index contributed by atoms with van der Waals surface area (Å²) in [7, 11) is 3.24. The lowest BCUT2D eigenvalue weighted by Crippen LogP contribution is -1.99. The lowest BCUT2D eigenvalue weighted by Gasteiger charge is -2.15. The van der Waals surface area contributed by atoms with E-state index >= 15 is 0 Å². The summed E-state index contributed by atoms with van der Waals surface area (Å²) in [4.78, 5) is 14.3. The summed E-state index contributed by atoms with van der Waals surface area (Å²) in [6.45, 7) is 2.07. The van der Waals surface area contributed by atoms with E-state index in [0.717, 1.165) is 34.0 Å². The van der Waals surface area contributed by atoms with Crippen molar-refractivity contribution in [2.75, 3.05) is 14.2 Å². The molecule has 3 aromatic rings. The maximum absolute atomic E-state index is 10.9. The molecule has 1 heterocycles. The van der Waals surface area contributed by atoms with Gasteiger partial charge in [0.25, 0.3) is 0 Å².